The van der Waals surface area contributed by atoms with Crippen LogP contribution in [0.25, 0.3) is 6.08 Å². The third kappa shape index (κ3) is 3.91. The second-order valence-corrected chi connectivity index (χ2v) is 6.45. The van der Waals surface area contributed by atoms with Gasteiger partial charge in [0.25, 0.3) is 5.91 Å². The standard InChI is InChI=1S/C19H17FN2O2S/c1-21-19-22(2)18(23)17(25-19)11-14-7-3-4-9-16(14)24-12-13-6-5-8-15(20)10-13/h3-11H,12H2,1-2H3/b17-11-,21-19?. The summed E-state index contributed by atoms with van der Waals surface area (Å²) in [4.78, 5) is 18.5. The monoisotopic (exact) mass is 356 g/mol. The highest BCUT2D eigenvalue weighted by atomic mass is 32.2. The zero-order chi connectivity index (χ0) is 17.8. The van der Waals surface area contributed by atoms with Crippen molar-refractivity contribution >= 4 is 28.9 Å². The Morgan fingerprint density at radius 3 is 2.76 bits per heavy atom. The Hall–Kier alpha value is -2.60. The quantitative estimate of drug-likeness (QED) is 0.780. The number of thioether (sulfide) groups is 1. The number of nitrogens with zero attached hydrogens (tertiary/aromatic N) is 2. The van der Waals surface area contributed by atoms with Gasteiger partial charge in [0.2, 0.25) is 0 Å². The maximum absolute atomic E-state index is 13.3. The third-order valence-corrected chi connectivity index (χ3v) is 4.84. The van der Waals surface area contributed by atoms with E-state index in [9.17, 15) is 9.18 Å². The lowest BCUT2D eigenvalue weighted by Crippen LogP contribution is -2.23. The van der Waals surface area contributed by atoms with Gasteiger partial charge in [-0.1, -0.05) is 30.3 Å². The van der Waals surface area contributed by atoms with Gasteiger partial charge in [-0.2, -0.15) is 0 Å². The Morgan fingerprint density at radius 1 is 1.24 bits per heavy atom. The van der Waals surface area contributed by atoms with Gasteiger partial charge in [-0.05, 0) is 41.6 Å². The van der Waals surface area contributed by atoms with Crippen molar-refractivity contribution in [3.63, 3.8) is 0 Å². The van der Waals surface area contributed by atoms with Gasteiger partial charge in [0.1, 0.15) is 18.2 Å². The lowest BCUT2D eigenvalue weighted by molar-refractivity contribution is -0.121. The van der Waals surface area contributed by atoms with Crippen LogP contribution in [0.3, 0.4) is 0 Å². The first-order chi connectivity index (χ1) is 12.1. The van der Waals surface area contributed by atoms with Crippen molar-refractivity contribution in [1.82, 2.24) is 4.90 Å². The average molecular weight is 356 g/mol. The van der Waals surface area contributed by atoms with Crippen LogP contribution in [0.15, 0.2) is 58.4 Å². The fourth-order valence-corrected chi connectivity index (χ4v) is 3.33. The molecule has 0 aromatic heterocycles. The summed E-state index contributed by atoms with van der Waals surface area (Å²) in [5.74, 6) is 0.251. The predicted molar refractivity (Wildman–Crippen MR) is 98.9 cm³/mol. The van der Waals surface area contributed by atoms with Crippen LogP contribution in [0.2, 0.25) is 0 Å². The highest BCUT2D eigenvalue weighted by Crippen LogP contribution is 2.33. The number of para-hydroxylation sites is 1. The van der Waals surface area contributed by atoms with Crippen molar-refractivity contribution in [2.24, 2.45) is 4.99 Å². The molecule has 1 amide bonds. The van der Waals surface area contributed by atoms with Crippen molar-refractivity contribution in [3.05, 3.63) is 70.4 Å². The smallest absolute Gasteiger partial charge is 0.266 e. The summed E-state index contributed by atoms with van der Waals surface area (Å²) in [6.45, 7) is 0.251. The van der Waals surface area contributed by atoms with Crippen LogP contribution in [0.4, 0.5) is 4.39 Å². The zero-order valence-corrected chi connectivity index (χ0v) is 14.7. The summed E-state index contributed by atoms with van der Waals surface area (Å²) in [6, 6.07) is 13.7. The minimum absolute atomic E-state index is 0.0921. The van der Waals surface area contributed by atoms with Crippen LogP contribution in [-0.2, 0) is 11.4 Å². The van der Waals surface area contributed by atoms with E-state index in [1.54, 1.807) is 32.3 Å². The number of carbonyl (C=O) groups is 1. The molecule has 2 aromatic carbocycles. The van der Waals surface area contributed by atoms with Gasteiger partial charge in [-0.25, -0.2) is 4.39 Å². The van der Waals surface area contributed by atoms with E-state index in [0.717, 1.165) is 11.1 Å². The number of ether oxygens (including phenoxy) is 1. The van der Waals surface area contributed by atoms with Crippen LogP contribution in [0.5, 0.6) is 5.75 Å². The maximum Gasteiger partial charge on any atom is 0.266 e. The number of rotatable bonds is 4. The molecule has 0 saturated carbocycles. The molecule has 0 atom stereocenters. The number of hydrogen-bond acceptors (Lipinski definition) is 4. The number of amides is 1. The van der Waals surface area contributed by atoms with Gasteiger partial charge >= 0.3 is 0 Å². The molecule has 0 aliphatic carbocycles. The maximum atomic E-state index is 13.3. The molecule has 0 radical (unpaired) electrons. The number of carbonyl (C=O) groups excluding carboxylic acids is 1. The van der Waals surface area contributed by atoms with E-state index in [1.807, 2.05) is 24.3 Å². The first-order valence-corrected chi connectivity index (χ1v) is 8.51. The third-order valence-electron chi connectivity index (χ3n) is 3.68. The van der Waals surface area contributed by atoms with Gasteiger partial charge in [0, 0.05) is 19.7 Å². The van der Waals surface area contributed by atoms with Crippen LogP contribution in [0, 0.1) is 5.82 Å². The zero-order valence-electron chi connectivity index (χ0n) is 13.9. The van der Waals surface area contributed by atoms with Crippen molar-refractivity contribution < 1.29 is 13.9 Å². The van der Waals surface area contributed by atoms with E-state index in [0.29, 0.717) is 15.8 Å². The number of aliphatic imine (C=N–C) groups is 1. The molecule has 1 aliphatic heterocycles. The van der Waals surface area contributed by atoms with E-state index < -0.39 is 0 Å². The highest BCUT2D eigenvalue weighted by Gasteiger charge is 2.29. The molecule has 0 bridgehead atoms. The number of benzene rings is 2. The Labute approximate surface area is 150 Å². The van der Waals surface area contributed by atoms with E-state index in [-0.39, 0.29) is 18.3 Å². The van der Waals surface area contributed by atoms with Crippen molar-refractivity contribution in [3.8, 4) is 5.75 Å². The molecule has 1 heterocycles. The van der Waals surface area contributed by atoms with Crippen molar-refractivity contribution in [2.75, 3.05) is 14.1 Å². The molecular formula is C19H17FN2O2S. The Balaban J connectivity index is 1.82. The second kappa shape index (κ2) is 7.53. The lowest BCUT2D eigenvalue weighted by atomic mass is 10.1. The van der Waals surface area contributed by atoms with Crippen LogP contribution < -0.4 is 4.74 Å². The Morgan fingerprint density at radius 2 is 2.04 bits per heavy atom. The van der Waals surface area contributed by atoms with Crippen LogP contribution in [-0.4, -0.2) is 30.1 Å². The van der Waals surface area contributed by atoms with E-state index >= 15 is 0 Å². The molecule has 4 nitrogen and oxygen atoms in total. The van der Waals surface area contributed by atoms with Gasteiger partial charge in [-0.3, -0.25) is 14.7 Å². The molecule has 0 unspecified atom stereocenters. The van der Waals surface area contributed by atoms with E-state index in [2.05, 4.69) is 4.99 Å². The molecule has 3 rings (SSSR count). The number of amidine groups is 1. The van der Waals surface area contributed by atoms with Crippen molar-refractivity contribution in [1.29, 1.82) is 0 Å². The number of hydrogen-bond donors (Lipinski definition) is 0. The summed E-state index contributed by atoms with van der Waals surface area (Å²) in [7, 11) is 3.36. The molecule has 25 heavy (non-hydrogen) atoms. The van der Waals surface area contributed by atoms with Gasteiger partial charge in [0.05, 0.1) is 4.91 Å². The lowest BCUT2D eigenvalue weighted by Gasteiger charge is -2.10. The second-order valence-electron chi connectivity index (χ2n) is 5.44. The van der Waals surface area contributed by atoms with Crippen LogP contribution in [0.1, 0.15) is 11.1 Å². The molecule has 128 valence electrons. The number of likely N-dealkylation sites (N-methyl/N-ethyl adjacent to an activating group) is 1. The SMILES string of the molecule is CN=C1S/C(=C\c2ccccc2OCc2cccc(F)c2)C(=O)N1C. The summed E-state index contributed by atoms with van der Waals surface area (Å²) in [5, 5.41) is 0.661. The Kier molecular flexibility index (Phi) is 5.19. The fourth-order valence-electron chi connectivity index (χ4n) is 2.41. The summed E-state index contributed by atoms with van der Waals surface area (Å²) >= 11 is 1.33. The minimum atomic E-state index is -0.293. The largest absolute Gasteiger partial charge is 0.488 e. The van der Waals surface area contributed by atoms with E-state index in [4.69, 9.17) is 4.74 Å². The normalized spacial score (nSPS) is 17.6. The summed E-state index contributed by atoms with van der Waals surface area (Å²) < 4.78 is 19.1. The number of halogens is 1. The summed E-state index contributed by atoms with van der Waals surface area (Å²) in [6.07, 6.45) is 1.79. The molecule has 1 aliphatic rings. The topological polar surface area (TPSA) is 41.9 Å². The Bertz CT molecular complexity index is 864. The van der Waals surface area contributed by atoms with Crippen molar-refractivity contribution in [2.45, 2.75) is 6.61 Å². The molecule has 1 saturated heterocycles. The predicted octanol–water partition coefficient (Wildman–Crippen LogP) is 3.94. The molecular weight excluding hydrogens is 339 g/mol. The molecule has 1 fully saturated rings. The molecule has 0 N–H and O–H groups in total. The first-order valence-electron chi connectivity index (χ1n) is 7.69. The highest BCUT2D eigenvalue weighted by molar-refractivity contribution is 8.18. The van der Waals surface area contributed by atoms with E-state index in [1.165, 1.54) is 28.8 Å². The van der Waals surface area contributed by atoms with Gasteiger partial charge in [0.15, 0.2) is 5.17 Å². The average Bonchev–Trinajstić information content (AvgIpc) is 2.89. The van der Waals surface area contributed by atoms with Gasteiger partial charge in [-0.15, -0.1) is 0 Å². The van der Waals surface area contributed by atoms with Crippen LogP contribution >= 0.6 is 11.8 Å². The minimum Gasteiger partial charge on any atom is -0.488 e. The molecule has 2 aromatic rings. The summed E-state index contributed by atoms with van der Waals surface area (Å²) in [5.41, 5.74) is 1.54. The van der Waals surface area contributed by atoms with Gasteiger partial charge < -0.3 is 4.74 Å². The first kappa shape index (κ1) is 17.2. The molecule has 6 heteroatoms. The molecule has 0 spiro atoms. The fraction of sp³-hybridized carbons (Fsp3) is 0.158.